The van der Waals surface area contributed by atoms with Crippen LogP contribution in [0.4, 0.5) is 4.79 Å². The summed E-state index contributed by atoms with van der Waals surface area (Å²) >= 11 is 0. The van der Waals surface area contributed by atoms with Crippen molar-refractivity contribution in [1.82, 2.24) is 35.5 Å². The summed E-state index contributed by atoms with van der Waals surface area (Å²) in [7, 11) is -2.35. The molecule has 2 aliphatic carbocycles. The molecule has 2 aliphatic heterocycles. The fourth-order valence-corrected chi connectivity index (χ4v) is 9.95. The molecule has 0 spiro atoms. The average Bonchev–Trinajstić information content (AvgIpc) is 4.14. The molecule has 0 bridgehead atoms. The summed E-state index contributed by atoms with van der Waals surface area (Å²) in [5.41, 5.74) is -0.890. The lowest BCUT2D eigenvalue weighted by Gasteiger charge is -2.33. The van der Waals surface area contributed by atoms with Crippen molar-refractivity contribution in [2.24, 2.45) is 17.8 Å². The first kappa shape index (κ1) is 45.6. The molecule has 4 heterocycles. The van der Waals surface area contributed by atoms with E-state index in [1.165, 1.54) is 4.90 Å². The summed E-state index contributed by atoms with van der Waals surface area (Å²) in [5.74, 6) is -1.22. The molecule has 3 aromatic rings. The number of carbonyl (C=O) groups excluding carboxylic acids is 4. The molecule has 4 aliphatic rings. The molecule has 4 N–H and O–H groups in total. The van der Waals surface area contributed by atoms with Crippen molar-refractivity contribution in [2.75, 3.05) is 13.7 Å². The highest BCUT2D eigenvalue weighted by atomic mass is 32.2. The highest BCUT2D eigenvalue weighted by Gasteiger charge is 2.62. The van der Waals surface area contributed by atoms with E-state index in [0.717, 1.165) is 11.8 Å². The number of fused-ring (bicyclic) bond motifs is 3. The third-order valence-electron chi connectivity index (χ3n) is 12.1. The van der Waals surface area contributed by atoms with Gasteiger partial charge in [0.05, 0.1) is 30.7 Å². The number of allylic oxidation sites excluding steroid dienone is 1. The van der Waals surface area contributed by atoms with Gasteiger partial charge in [0.1, 0.15) is 29.5 Å². The number of methoxy groups -OCH3 is 1. The van der Waals surface area contributed by atoms with Gasteiger partial charge in [-0.3, -0.25) is 19.1 Å². The Morgan fingerprint density at radius 2 is 1.79 bits per heavy atom. The maximum Gasteiger partial charge on any atom is 0.315 e. The van der Waals surface area contributed by atoms with Gasteiger partial charge in [0.2, 0.25) is 33.6 Å². The average molecular weight is 888 g/mol. The zero-order valence-corrected chi connectivity index (χ0v) is 38.2. The molecule has 1 saturated heterocycles. The zero-order valence-electron chi connectivity index (χ0n) is 37.4. The monoisotopic (exact) mass is 887 g/mol. The Hall–Kier alpha value is -5.45. The summed E-state index contributed by atoms with van der Waals surface area (Å²) in [6.45, 7) is 13.3. The lowest BCUT2D eigenvalue weighted by molar-refractivity contribution is -0.142. The maximum atomic E-state index is 15.0. The number of carbonyl (C=O) groups is 4. The van der Waals surface area contributed by atoms with Crippen molar-refractivity contribution in [3.8, 4) is 28.8 Å². The first-order chi connectivity index (χ1) is 29.7. The third kappa shape index (κ3) is 10.7. The molecule has 2 saturated carbocycles. The van der Waals surface area contributed by atoms with Crippen LogP contribution in [0.5, 0.6) is 17.5 Å². The molecule has 17 heteroatoms. The number of nitrogens with zero attached hydrogens (tertiary/aromatic N) is 3. The quantitative estimate of drug-likeness (QED) is 0.190. The first-order valence-electron chi connectivity index (χ1n) is 22.0. The molecule has 16 nitrogen and oxygen atoms in total. The Bertz CT molecular complexity index is 2360. The molecular weight excluding hydrogens is 827 g/mol. The number of aromatic nitrogens is 2. The predicted octanol–water partition coefficient (Wildman–Crippen LogP) is 5.40. The Morgan fingerprint density at radius 1 is 1.03 bits per heavy atom. The van der Waals surface area contributed by atoms with E-state index in [1.54, 1.807) is 25.4 Å². The fourth-order valence-electron chi connectivity index (χ4n) is 8.59. The maximum absolute atomic E-state index is 15.0. The number of nitrogens with one attached hydrogen (secondary N) is 4. The van der Waals surface area contributed by atoms with Crippen LogP contribution in [0.3, 0.4) is 0 Å². The van der Waals surface area contributed by atoms with Gasteiger partial charge in [0.15, 0.2) is 0 Å². The summed E-state index contributed by atoms with van der Waals surface area (Å²) in [4.78, 5) is 68.1. The lowest BCUT2D eigenvalue weighted by Crippen LogP contribution is -2.60. The summed E-state index contributed by atoms with van der Waals surface area (Å²) < 4.78 is 46.3. The van der Waals surface area contributed by atoms with Crippen LogP contribution >= 0.6 is 0 Å². The molecule has 3 fully saturated rings. The van der Waals surface area contributed by atoms with Crippen LogP contribution in [0, 0.1) is 17.8 Å². The SMILES string of the molecule is COc1ccc2c(O[C@@H]3C[C@H]4C(=O)N[C@]5(C(=O)NS(=O)(=O)C6CC6)C[C@H]5/C=C\CC[C@H](C)C[C@@H](C)[C@H](NC(=O)NC(C)(C)C)C(=O)N4C3)nc(-c3ccc(OC(C)C)nc3)cc2c1. The predicted molar refractivity (Wildman–Crippen MR) is 237 cm³/mol. The van der Waals surface area contributed by atoms with Gasteiger partial charge in [-0.2, -0.15) is 0 Å². The van der Waals surface area contributed by atoms with Crippen molar-refractivity contribution in [3.63, 3.8) is 0 Å². The van der Waals surface area contributed by atoms with Crippen LogP contribution in [-0.2, 0) is 24.4 Å². The molecule has 0 radical (unpaired) electrons. The van der Waals surface area contributed by atoms with Crippen LogP contribution < -0.4 is 34.9 Å². The Morgan fingerprint density at radius 3 is 2.46 bits per heavy atom. The number of hydrogen-bond donors (Lipinski definition) is 4. The number of benzene rings is 1. The Kier molecular flexibility index (Phi) is 13.0. The molecule has 7 rings (SSSR count). The summed E-state index contributed by atoms with van der Waals surface area (Å²) in [6, 6.07) is 8.30. The molecule has 7 atom stereocenters. The normalized spacial score (nSPS) is 27.2. The van der Waals surface area contributed by atoms with E-state index in [4.69, 9.17) is 19.2 Å². The van der Waals surface area contributed by atoms with Gasteiger partial charge in [-0.1, -0.05) is 26.0 Å². The van der Waals surface area contributed by atoms with Gasteiger partial charge >= 0.3 is 6.03 Å². The number of urea groups is 1. The standard InChI is InChI=1S/C46H61N7O9S/c1-26(2)61-38-18-13-29(24-47-38)36-21-30-20-32(60-8)14-17-35(30)41(48-36)62-33-22-37-40(54)50-46(43(56)52-63(58,59)34-15-16-34)23-31(46)12-10-9-11-27(3)19-28(4)39(42(55)53(37)25-33)49-44(57)51-45(5,6)7/h10,12-14,17-18,20-21,24,26-28,31,33-34,37,39H,9,11,15-16,19,22-23,25H2,1-8H3,(H,50,54)(H,52,56)(H2,49,51,57)/b12-10-/t27-,28+,31+,33+,37-,39-,46+/m0/s1. The van der Waals surface area contributed by atoms with E-state index < -0.39 is 74.2 Å². The smallest absolute Gasteiger partial charge is 0.315 e. The van der Waals surface area contributed by atoms with Crippen LogP contribution in [-0.4, -0.2) is 101 Å². The zero-order chi connectivity index (χ0) is 45.4. The highest BCUT2D eigenvalue weighted by molar-refractivity contribution is 7.91. The molecule has 2 aromatic heterocycles. The molecule has 5 amide bonds. The van der Waals surface area contributed by atoms with E-state index >= 15 is 4.79 Å². The molecule has 340 valence electrons. The van der Waals surface area contributed by atoms with Gasteiger partial charge in [-0.05, 0) is 121 Å². The van der Waals surface area contributed by atoms with Gasteiger partial charge in [-0.15, -0.1) is 0 Å². The van der Waals surface area contributed by atoms with E-state index in [9.17, 15) is 22.8 Å². The van der Waals surface area contributed by atoms with E-state index in [1.807, 2.05) is 78.0 Å². The van der Waals surface area contributed by atoms with Gasteiger partial charge < -0.3 is 35.1 Å². The number of pyridine rings is 2. The fraction of sp³-hybridized carbons (Fsp3) is 0.565. The van der Waals surface area contributed by atoms with Crippen LogP contribution in [0.2, 0.25) is 0 Å². The van der Waals surface area contributed by atoms with Crippen molar-refractivity contribution in [3.05, 3.63) is 54.7 Å². The third-order valence-corrected chi connectivity index (χ3v) is 13.9. The van der Waals surface area contributed by atoms with Crippen molar-refractivity contribution >= 4 is 44.5 Å². The highest BCUT2D eigenvalue weighted by Crippen LogP contribution is 2.46. The Balaban J connectivity index is 1.25. The van der Waals surface area contributed by atoms with Crippen LogP contribution in [0.25, 0.3) is 22.0 Å². The van der Waals surface area contributed by atoms with Crippen molar-refractivity contribution in [2.45, 2.75) is 134 Å². The molecule has 1 aromatic carbocycles. The van der Waals surface area contributed by atoms with Gasteiger partial charge in [0, 0.05) is 41.1 Å². The second-order valence-corrected chi connectivity index (χ2v) is 21.0. The number of ether oxygens (including phenoxy) is 3. The minimum atomic E-state index is -3.93. The van der Waals surface area contributed by atoms with E-state index in [0.29, 0.717) is 54.0 Å². The minimum Gasteiger partial charge on any atom is -0.497 e. The molecule has 0 unspecified atom stereocenters. The molecular formula is C46H61N7O9S. The van der Waals surface area contributed by atoms with Crippen LogP contribution in [0.15, 0.2) is 54.7 Å². The van der Waals surface area contributed by atoms with E-state index in [-0.39, 0.29) is 43.2 Å². The lowest BCUT2D eigenvalue weighted by atomic mass is 9.88. The number of amides is 5. The molecule has 63 heavy (non-hydrogen) atoms. The second kappa shape index (κ2) is 18.0. The summed E-state index contributed by atoms with van der Waals surface area (Å²) in [5, 5.41) is 9.55. The Labute approximate surface area is 369 Å². The largest absolute Gasteiger partial charge is 0.497 e. The second-order valence-electron chi connectivity index (χ2n) is 19.0. The van der Waals surface area contributed by atoms with Gasteiger partial charge in [-0.25, -0.2) is 23.2 Å². The number of hydrogen-bond acceptors (Lipinski definition) is 11. The topological polar surface area (TPSA) is 207 Å². The van der Waals surface area contributed by atoms with Gasteiger partial charge in [0.25, 0.3) is 5.91 Å². The van der Waals surface area contributed by atoms with Crippen LogP contribution in [0.1, 0.15) is 93.4 Å². The summed E-state index contributed by atoms with van der Waals surface area (Å²) in [6.07, 6.45) is 7.84. The number of sulfonamides is 1. The van der Waals surface area contributed by atoms with Crippen molar-refractivity contribution in [1.29, 1.82) is 0 Å². The minimum absolute atomic E-state index is 0.00813. The van der Waals surface area contributed by atoms with E-state index in [2.05, 4.69) is 32.6 Å². The van der Waals surface area contributed by atoms with Crippen molar-refractivity contribution < 1.29 is 41.8 Å². The number of rotatable bonds is 10. The first-order valence-corrected chi connectivity index (χ1v) is 23.5.